The largest absolute Gasteiger partial charge is 0.339 e. The molecule has 2 rings (SSSR count). The van der Waals surface area contributed by atoms with Gasteiger partial charge in [-0.2, -0.15) is 4.98 Å². The minimum Gasteiger partial charge on any atom is -0.339 e. The lowest BCUT2D eigenvalue weighted by Gasteiger charge is -1.96. The van der Waals surface area contributed by atoms with E-state index in [0.29, 0.717) is 18.1 Å². The normalized spacial score (nSPS) is 10.4. The molecule has 0 aliphatic rings. The molecular weight excluding hydrogens is 176 g/mol. The molecule has 0 unspecified atom stereocenters. The Balaban J connectivity index is 2.15. The van der Waals surface area contributed by atoms with Crippen molar-refractivity contribution >= 4 is 0 Å². The molecule has 0 amide bonds. The average Bonchev–Trinajstić information content (AvgIpc) is 2.56. The molecule has 3 nitrogen and oxygen atoms in total. The van der Waals surface area contributed by atoms with Crippen LogP contribution in [0.1, 0.15) is 22.8 Å². The SMILES string of the molecule is Cc1ccc(Cc2nc(C)no2)cc1. The minimum absolute atomic E-state index is 0.673. The van der Waals surface area contributed by atoms with E-state index in [4.69, 9.17) is 4.52 Å². The highest BCUT2D eigenvalue weighted by Gasteiger charge is 2.03. The van der Waals surface area contributed by atoms with Gasteiger partial charge in [0.1, 0.15) is 0 Å². The summed E-state index contributed by atoms with van der Waals surface area (Å²) in [5.41, 5.74) is 2.45. The Morgan fingerprint density at radius 2 is 1.86 bits per heavy atom. The van der Waals surface area contributed by atoms with Crippen molar-refractivity contribution in [2.75, 3.05) is 0 Å². The third-order valence-electron chi connectivity index (χ3n) is 2.05. The lowest BCUT2D eigenvalue weighted by molar-refractivity contribution is 0.381. The van der Waals surface area contributed by atoms with E-state index in [2.05, 4.69) is 41.3 Å². The zero-order valence-electron chi connectivity index (χ0n) is 8.32. The van der Waals surface area contributed by atoms with Crippen molar-refractivity contribution in [1.29, 1.82) is 0 Å². The molecule has 0 saturated heterocycles. The van der Waals surface area contributed by atoms with Crippen LogP contribution >= 0.6 is 0 Å². The maximum absolute atomic E-state index is 5.04. The first-order chi connectivity index (χ1) is 6.74. The van der Waals surface area contributed by atoms with Gasteiger partial charge in [0.2, 0.25) is 5.89 Å². The van der Waals surface area contributed by atoms with Crippen LogP contribution in [0.5, 0.6) is 0 Å². The molecule has 0 radical (unpaired) electrons. The summed E-state index contributed by atoms with van der Waals surface area (Å²) >= 11 is 0. The summed E-state index contributed by atoms with van der Waals surface area (Å²) < 4.78 is 5.04. The Kier molecular flexibility index (Phi) is 2.31. The van der Waals surface area contributed by atoms with Crippen LogP contribution in [0.25, 0.3) is 0 Å². The number of nitrogens with zero attached hydrogens (tertiary/aromatic N) is 2. The number of hydrogen-bond donors (Lipinski definition) is 0. The Bertz CT molecular complexity index is 417. The van der Waals surface area contributed by atoms with E-state index in [-0.39, 0.29) is 0 Å². The summed E-state index contributed by atoms with van der Waals surface area (Å²) in [7, 11) is 0. The second kappa shape index (κ2) is 3.62. The monoisotopic (exact) mass is 188 g/mol. The minimum atomic E-state index is 0.673. The number of aryl methyl sites for hydroxylation is 2. The molecule has 0 fully saturated rings. The van der Waals surface area contributed by atoms with Gasteiger partial charge in [-0.25, -0.2) is 0 Å². The number of aromatic nitrogens is 2. The van der Waals surface area contributed by atoms with E-state index < -0.39 is 0 Å². The van der Waals surface area contributed by atoms with Crippen LogP contribution in [0.2, 0.25) is 0 Å². The van der Waals surface area contributed by atoms with E-state index in [0.717, 1.165) is 0 Å². The van der Waals surface area contributed by atoms with Crippen molar-refractivity contribution in [2.45, 2.75) is 20.3 Å². The Morgan fingerprint density at radius 1 is 1.14 bits per heavy atom. The van der Waals surface area contributed by atoms with E-state index in [1.807, 2.05) is 6.92 Å². The summed E-state index contributed by atoms with van der Waals surface area (Å²) in [6, 6.07) is 8.32. The molecule has 1 aromatic heterocycles. The molecule has 0 saturated carbocycles. The molecule has 3 heteroatoms. The number of benzene rings is 1. The highest BCUT2D eigenvalue weighted by atomic mass is 16.5. The van der Waals surface area contributed by atoms with Crippen LogP contribution in [0.3, 0.4) is 0 Å². The van der Waals surface area contributed by atoms with Crippen LogP contribution in [0.15, 0.2) is 28.8 Å². The Hall–Kier alpha value is -1.64. The number of hydrogen-bond acceptors (Lipinski definition) is 3. The summed E-state index contributed by atoms with van der Waals surface area (Å²) in [6.45, 7) is 3.89. The van der Waals surface area contributed by atoms with Gasteiger partial charge >= 0.3 is 0 Å². The molecule has 2 aromatic rings. The zero-order valence-corrected chi connectivity index (χ0v) is 8.32. The summed E-state index contributed by atoms with van der Waals surface area (Å²) in [4.78, 5) is 4.15. The van der Waals surface area contributed by atoms with Gasteiger partial charge in [0, 0.05) is 0 Å². The van der Waals surface area contributed by atoms with E-state index >= 15 is 0 Å². The van der Waals surface area contributed by atoms with Gasteiger partial charge < -0.3 is 4.52 Å². The molecule has 1 heterocycles. The predicted molar refractivity (Wildman–Crippen MR) is 53.0 cm³/mol. The molecule has 0 bridgehead atoms. The third-order valence-corrected chi connectivity index (χ3v) is 2.05. The van der Waals surface area contributed by atoms with Crippen LogP contribution in [-0.4, -0.2) is 10.1 Å². The van der Waals surface area contributed by atoms with Gasteiger partial charge in [0.05, 0.1) is 6.42 Å². The van der Waals surface area contributed by atoms with Crippen molar-refractivity contribution in [1.82, 2.24) is 10.1 Å². The van der Waals surface area contributed by atoms with Crippen molar-refractivity contribution in [3.63, 3.8) is 0 Å². The number of rotatable bonds is 2. The van der Waals surface area contributed by atoms with Crippen molar-refractivity contribution in [3.05, 3.63) is 47.1 Å². The van der Waals surface area contributed by atoms with Crippen LogP contribution in [0.4, 0.5) is 0 Å². The fraction of sp³-hybridized carbons (Fsp3) is 0.273. The molecule has 1 aromatic carbocycles. The van der Waals surface area contributed by atoms with E-state index in [1.54, 1.807) is 0 Å². The second-order valence-electron chi connectivity index (χ2n) is 3.40. The molecule has 0 aliphatic carbocycles. The van der Waals surface area contributed by atoms with Gasteiger partial charge in [-0.1, -0.05) is 35.0 Å². The first kappa shape index (κ1) is 8.94. The van der Waals surface area contributed by atoms with Gasteiger partial charge in [-0.3, -0.25) is 0 Å². The molecule has 0 atom stereocenters. The first-order valence-corrected chi connectivity index (χ1v) is 4.59. The van der Waals surface area contributed by atoms with Crippen molar-refractivity contribution in [3.8, 4) is 0 Å². The van der Waals surface area contributed by atoms with Crippen molar-refractivity contribution in [2.24, 2.45) is 0 Å². The first-order valence-electron chi connectivity index (χ1n) is 4.59. The van der Waals surface area contributed by atoms with Crippen LogP contribution < -0.4 is 0 Å². The molecule has 0 aliphatic heterocycles. The second-order valence-corrected chi connectivity index (χ2v) is 3.40. The topological polar surface area (TPSA) is 38.9 Å². The summed E-state index contributed by atoms with van der Waals surface area (Å²) in [5.74, 6) is 1.36. The molecular formula is C11H12N2O. The molecule has 72 valence electrons. The van der Waals surface area contributed by atoms with Crippen LogP contribution in [-0.2, 0) is 6.42 Å². The Morgan fingerprint density at radius 3 is 2.43 bits per heavy atom. The van der Waals surface area contributed by atoms with Crippen molar-refractivity contribution < 1.29 is 4.52 Å². The summed E-state index contributed by atoms with van der Waals surface area (Å²) in [5, 5.41) is 3.74. The van der Waals surface area contributed by atoms with Crippen LogP contribution in [0, 0.1) is 13.8 Å². The Labute approximate surface area is 82.8 Å². The van der Waals surface area contributed by atoms with E-state index in [9.17, 15) is 0 Å². The quantitative estimate of drug-likeness (QED) is 0.725. The highest BCUT2D eigenvalue weighted by molar-refractivity contribution is 5.23. The fourth-order valence-electron chi connectivity index (χ4n) is 1.29. The van der Waals surface area contributed by atoms with Gasteiger partial charge in [0.15, 0.2) is 5.82 Å². The lowest BCUT2D eigenvalue weighted by atomic mass is 10.1. The predicted octanol–water partition coefficient (Wildman–Crippen LogP) is 2.28. The van der Waals surface area contributed by atoms with E-state index in [1.165, 1.54) is 11.1 Å². The standard InChI is InChI=1S/C11H12N2O/c1-8-3-5-10(6-4-8)7-11-12-9(2)13-14-11/h3-6H,7H2,1-2H3. The average molecular weight is 188 g/mol. The van der Waals surface area contributed by atoms with Gasteiger partial charge in [-0.15, -0.1) is 0 Å². The molecule has 0 N–H and O–H groups in total. The van der Waals surface area contributed by atoms with Gasteiger partial charge in [-0.05, 0) is 19.4 Å². The zero-order chi connectivity index (χ0) is 9.97. The summed E-state index contributed by atoms with van der Waals surface area (Å²) in [6.07, 6.45) is 0.709. The molecule has 14 heavy (non-hydrogen) atoms. The highest BCUT2D eigenvalue weighted by Crippen LogP contribution is 2.08. The lowest BCUT2D eigenvalue weighted by Crippen LogP contribution is -1.88. The fourth-order valence-corrected chi connectivity index (χ4v) is 1.29. The smallest absolute Gasteiger partial charge is 0.231 e. The van der Waals surface area contributed by atoms with Gasteiger partial charge in [0.25, 0.3) is 0 Å². The maximum atomic E-state index is 5.04. The third kappa shape index (κ3) is 1.99. The maximum Gasteiger partial charge on any atom is 0.231 e. The molecule has 0 spiro atoms.